The molecule has 0 rings (SSSR count). The summed E-state index contributed by atoms with van der Waals surface area (Å²) in [6, 6.07) is 0. The molecule has 0 heterocycles. The van der Waals surface area contributed by atoms with Gasteiger partial charge in [-0.05, 0) is 19.8 Å². The number of carboxylic acid groups (broad SMARTS) is 1. The van der Waals surface area contributed by atoms with Crippen LogP contribution < -0.4 is 0 Å². The molecule has 1 atom stereocenters. The Morgan fingerprint density at radius 3 is 2.61 bits per heavy atom. The van der Waals surface area contributed by atoms with Crippen LogP contribution >= 0.6 is 0 Å². The van der Waals surface area contributed by atoms with E-state index >= 15 is 0 Å². The van der Waals surface area contributed by atoms with Crippen LogP contribution in [0.1, 0.15) is 19.8 Å². The SMILES string of the molecule is C=COCCOCCOC(C)CCC(=C)C(=O)O. The summed E-state index contributed by atoms with van der Waals surface area (Å²) in [4.78, 5) is 10.5. The molecule has 1 N–H and O–H groups in total. The fraction of sp³-hybridized carbons (Fsp3) is 0.615. The van der Waals surface area contributed by atoms with Crippen molar-refractivity contribution in [1.82, 2.24) is 0 Å². The smallest absolute Gasteiger partial charge is 0.330 e. The lowest BCUT2D eigenvalue weighted by molar-refractivity contribution is -0.132. The Balaban J connectivity index is 3.37. The van der Waals surface area contributed by atoms with E-state index in [4.69, 9.17) is 19.3 Å². The Kier molecular flexibility index (Phi) is 10.0. The largest absolute Gasteiger partial charge is 0.499 e. The molecule has 1 unspecified atom stereocenters. The van der Waals surface area contributed by atoms with Gasteiger partial charge in [-0.15, -0.1) is 0 Å². The van der Waals surface area contributed by atoms with Crippen LogP contribution in [-0.2, 0) is 19.0 Å². The third-order valence-corrected chi connectivity index (χ3v) is 2.25. The number of carboxylic acids is 1. The van der Waals surface area contributed by atoms with Gasteiger partial charge in [-0.2, -0.15) is 0 Å². The Hall–Kier alpha value is -1.33. The standard InChI is InChI=1S/C13H22O5/c1-4-16-7-8-17-9-10-18-12(3)6-5-11(2)13(14)15/h4,12H,1-2,5-10H2,3H3,(H,14,15). The lowest BCUT2D eigenvalue weighted by Crippen LogP contribution is -2.15. The van der Waals surface area contributed by atoms with Gasteiger partial charge in [0, 0.05) is 5.57 Å². The van der Waals surface area contributed by atoms with E-state index in [0.717, 1.165) is 0 Å². The van der Waals surface area contributed by atoms with Crippen LogP contribution in [0.3, 0.4) is 0 Å². The van der Waals surface area contributed by atoms with Crippen LogP contribution in [0.5, 0.6) is 0 Å². The van der Waals surface area contributed by atoms with Gasteiger partial charge in [0.15, 0.2) is 0 Å². The van der Waals surface area contributed by atoms with Crippen LogP contribution in [0, 0.1) is 0 Å². The van der Waals surface area contributed by atoms with Gasteiger partial charge in [-0.3, -0.25) is 0 Å². The monoisotopic (exact) mass is 258 g/mol. The van der Waals surface area contributed by atoms with Gasteiger partial charge >= 0.3 is 5.97 Å². The van der Waals surface area contributed by atoms with Crippen molar-refractivity contribution in [2.24, 2.45) is 0 Å². The van der Waals surface area contributed by atoms with Crippen molar-refractivity contribution in [3.8, 4) is 0 Å². The predicted octanol–water partition coefficient (Wildman–Crippen LogP) is 1.99. The molecule has 0 aromatic rings. The zero-order valence-corrected chi connectivity index (χ0v) is 10.9. The molecular weight excluding hydrogens is 236 g/mol. The van der Waals surface area contributed by atoms with Crippen molar-refractivity contribution in [1.29, 1.82) is 0 Å². The van der Waals surface area contributed by atoms with Crippen LogP contribution in [0.25, 0.3) is 0 Å². The van der Waals surface area contributed by atoms with Crippen LogP contribution in [0.15, 0.2) is 25.0 Å². The third kappa shape index (κ3) is 9.86. The normalized spacial score (nSPS) is 11.8. The van der Waals surface area contributed by atoms with Gasteiger partial charge in [-0.1, -0.05) is 13.2 Å². The van der Waals surface area contributed by atoms with E-state index in [-0.39, 0.29) is 11.7 Å². The van der Waals surface area contributed by atoms with E-state index in [1.807, 2.05) is 6.92 Å². The van der Waals surface area contributed by atoms with E-state index in [9.17, 15) is 4.79 Å². The minimum Gasteiger partial charge on any atom is -0.499 e. The van der Waals surface area contributed by atoms with Crippen molar-refractivity contribution in [3.63, 3.8) is 0 Å². The highest BCUT2D eigenvalue weighted by Crippen LogP contribution is 2.08. The number of carbonyl (C=O) groups is 1. The van der Waals surface area contributed by atoms with Crippen molar-refractivity contribution in [2.75, 3.05) is 26.4 Å². The minimum absolute atomic E-state index is 0.00544. The van der Waals surface area contributed by atoms with Gasteiger partial charge < -0.3 is 19.3 Å². The second-order valence-corrected chi connectivity index (χ2v) is 3.78. The molecule has 0 saturated carbocycles. The van der Waals surface area contributed by atoms with Crippen molar-refractivity contribution in [3.05, 3.63) is 25.0 Å². The van der Waals surface area contributed by atoms with E-state index in [2.05, 4.69) is 13.2 Å². The summed E-state index contributed by atoms with van der Waals surface area (Å²) in [7, 11) is 0. The van der Waals surface area contributed by atoms with Gasteiger partial charge in [0.2, 0.25) is 0 Å². The Morgan fingerprint density at radius 2 is 2.00 bits per heavy atom. The van der Waals surface area contributed by atoms with E-state index in [0.29, 0.717) is 39.3 Å². The Morgan fingerprint density at radius 1 is 1.33 bits per heavy atom. The topological polar surface area (TPSA) is 65.0 Å². The summed E-state index contributed by atoms with van der Waals surface area (Å²) in [5, 5.41) is 8.63. The molecule has 5 nitrogen and oxygen atoms in total. The molecule has 0 fully saturated rings. The minimum atomic E-state index is -0.951. The lowest BCUT2D eigenvalue weighted by Gasteiger charge is -2.13. The van der Waals surface area contributed by atoms with Crippen LogP contribution in [0.2, 0.25) is 0 Å². The molecule has 0 aliphatic heterocycles. The molecule has 0 amide bonds. The molecule has 0 aliphatic carbocycles. The fourth-order valence-corrected chi connectivity index (χ4v) is 1.17. The summed E-state index contributed by atoms with van der Waals surface area (Å²) in [6.45, 7) is 10.7. The number of hydrogen-bond donors (Lipinski definition) is 1. The lowest BCUT2D eigenvalue weighted by atomic mass is 10.1. The Bertz CT molecular complexity index is 262. The molecule has 0 bridgehead atoms. The molecule has 18 heavy (non-hydrogen) atoms. The maximum atomic E-state index is 10.5. The first kappa shape index (κ1) is 16.7. The first-order valence-electron chi connectivity index (χ1n) is 5.90. The second kappa shape index (κ2) is 10.8. The first-order valence-corrected chi connectivity index (χ1v) is 5.90. The van der Waals surface area contributed by atoms with E-state index in [1.54, 1.807) is 0 Å². The van der Waals surface area contributed by atoms with Gasteiger partial charge in [0.25, 0.3) is 0 Å². The fourth-order valence-electron chi connectivity index (χ4n) is 1.17. The molecular formula is C13H22O5. The molecule has 0 spiro atoms. The molecule has 0 aliphatic rings. The highest BCUT2D eigenvalue weighted by Gasteiger charge is 2.07. The summed E-state index contributed by atoms with van der Waals surface area (Å²) in [6.07, 6.45) is 2.45. The van der Waals surface area contributed by atoms with Gasteiger partial charge in [-0.25, -0.2) is 4.79 Å². The van der Waals surface area contributed by atoms with Gasteiger partial charge in [0.05, 0.1) is 32.2 Å². The maximum absolute atomic E-state index is 10.5. The average molecular weight is 258 g/mol. The predicted molar refractivity (Wildman–Crippen MR) is 68.4 cm³/mol. The summed E-state index contributed by atoms with van der Waals surface area (Å²) >= 11 is 0. The van der Waals surface area contributed by atoms with Crippen LogP contribution in [-0.4, -0.2) is 43.6 Å². The number of hydrogen-bond acceptors (Lipinski definition) is 4. The van der Waals surface area contributed by atoms with E-state index < -0.39 is 5.97 Å². The number of ether oxygens (including phenoxy) is 3. The highest BCUT2D eigenvalue weighted by atomic mass is 16.5. The molecule has 0 aromatic heterocycles. The molecule has 0 aromatic carbocycles. The average Bonchev–Trinajstić information content (AvgIpc) is 2.34. The van der Waals surface area contributed by atoms with Crippen molar-refractivity contribution in [2.45, 2.75) is 25.9 Å². The molecule has 5 heteroatoms. The summed E-state index contributed by atoms with van der Waals surface area (Å²) in [5.41, 5.74) is 0.211. The quantitative estimate of drug-likeness (QED) is 0.329. The summed E-state index contributed by atoms with van der Waals surface area (Å²) < 4.78 is 15.6. The molecule has 0 saturated heterocycles. The molecule has 0 radical (unpaired) electrons. The van der Waals surface area contributed by atoms with E-state index in [1.165, 1.54) is 6.26 Å². The number of aliphatic carboxylic acids is 1. The first-order chi connectivity index (χ1) is 8.57. The Labute approximate surface area is 108 Å². The maximum Gasteiger partial charge on any atom is 0.330 e. The third-order valence-electron chi connectivity index (χ3n) is 2.25. The van der Waals surface area contributed by atoms with Crippen LogP contribution in [0.4, 0.5) is 0 Å². The van der Waals surface area contributed by atoms with Gasteiger partial charge in [0.1, 0.15) is 6.61 Å². The van der Waals surface area contributed by atoms with Crippen molar-refractivity contribution >= 4 is 5.97 Å². The van der Waals surface area contributed by atoms with Crippen molar-refractivity contribution < 1.29 is 24.1 Å². The zero-order valence-electron chi connectivity index (χ0n) is 10.9. The highest BCUT2D eigenvalue weighted by molar-refractivity contribution is 5.85. The second-order valence-electron chi connectivity index (χ2n) is 3.78. The zero-order chi connectivity index (χ0) is 13.8. The number of rotatable bonds is 12. The summed E-state index contributed by atoms with van der Waals surface area (Å²) in [5.74, 6) is -0.951. The molecule has 104 valence electrons.